The fourth-order valence-electron chi connectivity index (χ4n) is 1.67. The lowest BCUT2D eigenvalue weighted by atomic mass is 9.76. The number of carbonyl (C=O) groups is 1. The summed E-state index contributed by atoms with van der Waals surface area (Å²) in [6, 6.07) is 0. The van der Waals surface area contributed by atoms with Gasteiger partial charge in [-0.15, -0.1) is 0 Å². The van der Waals surface area contributed by atoms with Crippen LogP contribution in [0.2, 0.25) is 0 Å². The Bertz CT molecular complexity index is 200. The first-order chi connectivity index (χ1) is 6.18. The normalized spacial score (nSPS) is 12.6. The molecule has 0 aromatic rings. The van der Waals surface area contributed by atoms with E-state index in [0.29, 0.717) is 0 Å². The van der Waals surface area contributed by atoms with E-state index in [4.69, 9.17) is 15.6 Å². The first-order valence-corrected chi connectivity index (χ1v) is 4.72. The van der Waals surface area contributed by atoms with E-state index in [1.165, 1.54) is 0 Å². The number of carbonyl (C=O) groups excluding carboxylic acids is 1. The SMILES string of the molecule is CC(C)(CO)CC(C)(C)COC(N)=O. The third kappa shape index (κ3) is 5.80. The van der Waals surface area contributed by atoms with Crippen molar-refractivity contribution in [1.82, 2.24) is 0 Å². The van der Waals surface area contributed by atoms with Gasteiger partial charge in [-0.2, -0.15) is 0 Å². The van der Waals surface area contributed by atoms with Gasteiger partial charge in [0.1, 0.15) is 0 Å². The molecule has 3 N–H and O–H groups in total. The van der Waals surface area contributed by atoms with Gasteiger partial charge in [-0.05, 0) is 17.3 Å². The third-order valence-corrected chi connectivity index (χ3v) is 1.99. The molecule has 4 nitrogen and oxygen atoms in total. The Morgan fingerprint density at radius 1 is 1.29 bits per heavy atom. The van der Waals surface area contributed by atoms with Gasteiger partial charge in [-0.25, -0.2) is 4.79 Å². The highest BCUT2D eigenvalue weighted by atomic mass is 16.5. The second-order valence-corrected chi connectivity index (χ2v) is 5.27. The number of nitrogens with two attached hydrogens (primary N) is 1. The van der Waals surface area contributed by atoms with E-state index in [9.17, 15) is 4.79 Å². The molecule has 0 saturated carbocycles. The number of aliphatic hydroxyl groups is 1. The Kier molecular flexibility index (Phi) is 4.39. The monoisotopic (exact) mass is 203 g/mol. The molecule has 14 heavy (non-hydrogen) atoms. The molecule has 1 amide bonds. The average Bonchev–Trinajstić information content (AvgIpc) is 1.99. The minimum absolute atomic E-state index is 0.118. The second kappa shape index (κ2) is 4.64. The largest absolute Gasteiger partial charge is 0.449 e. The van der Waals surface area contributed by atoms with Crippen LogP contribution < -0.4 is 5.73 Å². The number of amides is 1. The molecule has 0 fully saturated rings. The highest BCUT2D eigenvalue weighted by Gasteiger charge is 2.29. The molecule has 0 atom stereocenters. The van der Waals surface area contributed by atoms with Gasteiger partial charge in [0.2, 0.25) is 0 Å². The molecule has 0 unspecified atom stereocenters. The topological polar surface area (TPSA) is 72.6 Å². The zero-order chi connectivity index (χ0) is 11.4. The van der Waals surface area contributed by atoms with Crippen molar-refractivity contribution in [3.8, 4) is 0 Å². The average molecular weight is 203 g/mol. The molecular weight excluding hydrogens is 182 g/mol. The standard InChI is InChI=1S/C10H21NO3/c1-9(2,6-12)5-10(3,4)7-14-8(11)13/h12H,5-7H2,1-4H3,(H2,11,13). The van der Waals surface area contributed by atoms with Crippen molar-refractivity contribution in [2.75, 3.05) is 13.2 Å². The number of ether oxygens (including phenoxy) is 1. The summed E-state index contributed by atoms with van der Waals surface area (Å²) in [5.41, 5.74) is 4.56. The summed E-state index contributed by atoms with van der Waals surface area (Å²) in [4.78, 5) is 10.4. The van der Waals surface area contributed by atoms with Gasteiger partial charge in [0.15, 0.2) is 0 Å². The highest BCUT2D eigenvalue weighted by molar-refractivity contribution is 5.64. The van der Waals surface area contributed by atoms with Crippen LogP contribution in [0.3, 0.4) is 0 Å². The van der Waals surface area contributed by atoms with Crippen molar-refractivity contribution in [1.29, 1.82) is 0 Å². The molecule has 0 aliphatic carbocycles. The minimum Gasteiger partial charge on any atom is -0.449 e. The molecule has 0 aliphatic rings. The van der Waals surface area contributed by atoms with E-state index in [1.54, 1.807) is 0 Å². The van der Waals surface area contributed by atoms with E-state index >= 15 is 0 Å². The van der Waals surface area contributed by atoms with Crippen molar-refractivity contribution in [2.45, 2.75) is 34.1 Å². The van der Waals surface area contributed by atoms with Crippen LogP contribution in [0.4, 0.5) is 4.79 Å². The van der Waals surface area contributed by atoms with Gasteiger partial charge in [-0.3, -0.25) is 0 Å². The predicted octanol–water partition coefficient (Wildman–Crippen LogP) is 1.52. The van der Waals surface area contributed by atoms with E-state index in [1.807, 2.05) is 27.7 Å². The fourth-order valence-corrected chi connectivity index (χ4v) is 1.67. The van der Waals surface area contributed by atoms with E-state index in [0.717, 1.165) is 6.42 Å². The van der Waals surface area contributed by atoms with Crippen LogP contribution >= 0.6 is 0 Å². The summed E-state index contributed by atoms with van der Waals surface area (Å²) < 4.78 is 4.75. The van der Waals surface area contributed by atoms with Crippen LogP contribution in [0.5, 0.6) is 0 Å². The summed E-state index contributed by atoms with van der Waals surface area (Å²) in [6.45, 7) is 8.30. The number of hydrogen-bond donors (Lipinski definition) is 2. The molecule has 0 rings (SSSR count). The van der Waals surface area contributed by atoms with Crippen LogP contribution in [0.1, 0.15) is 34.1 Å². The molecule has 0 aliphatic heterocycles. The molecule has 84 valence electrons. The Hall–Kier alpha value is -0.770. The smallest absolute Gasteiger partial charge is 0.404 e. The number of aliphatic hydroxyl groups excluding tert-OH is 1. The number of primary amides is 1. The van der Waals surface area contributed by atoms with Crippen molar-refractivity contribution < 1.29 is 14.6 Å². The van der Waals surface area contributed by atoms with Crippen LogP contribution in [-0.4, -0.2) is 24.4 Å². The zero-order valence-electron chi connectivity index (χ0n) is 9.46. The lowest BCUT2D eigenvalue weighted by molar-refractivity contribution is 0.0529. The van der Waals surface area contributed by atoms with Crippen molar-refractivity contribution in [3.63, 3.8) is 0 Å². The molecule has 0 saturated heterocycles. The van der Waals surface area contributed by atoms with Gasteiger partial charge in [-0.1, -0.05) is 27.7 Å². The molecule has 0 aromatic heterocycles. The fraction of sp³-hybridized carbons (Fsp3) is 0.900. The second-order valence-electron chi connectivity index (χ2n) is 5.27. The molecular formula is C10H21NO3. The predicted molar refractivity (Wildman–Crippen MR) is 54.8 cm³/mol. The lowest BCUT2D eigenvalue weighted by Gasteiger charge is -2.32. The molecule has 0 bridgehead atoms. The first-order valence-electron chi connectivity index (χ1n) is 4.72. The Balaban J connectivity index is 4.12. The summed E-state index contributed by atoms with van der Waals surface area (Å²) >= 11 is 0. The van der Waals surface area contributed by atoms with Crippen LogP contribution in [0.25, 0.3) is 0 Å². The lowest BCUT2D eigenvalue weighted by Crippen LogP contribution is -2.31. The summed E-state index contributed by atoms with van der Waals surface area (Å²) in [7, 11) is 0. The Morgan fingerprint density at radius 2 is 1.79 bits per heavy atom. The van der Waals surface area contributed by atoms with E-state index < -0.39 is 6.09 Å². The summed E-state index contributed by atoms with van der Waals surface area (Å²) in [5, 5.41) is 9.10. The maximum absolute atomic E-state index is 10.4. The number of hydrogen-bond acceptors (Lipinski definition) is 3. The van der Waals surface area contributed by atoms with Crippen LogP contribution in [0, 0.1) is 10.8 Å². The molecule has 4 heteroatoms. The maximum Gasteiger partial charge on any atom is 0.404 e. The third-order valence-electron chi connectivity index (χ3n) is 1.99. The highest BCUT2D eigenvalue weighted by Crippen LogP contribution is 2.33. The van der Waals surface area contributed by atoms with E-state index in [2.05, 4.69) is 0 Å². The van der Waals surface area contributed by atoms with Gasteiger partial charge in [0.25, 0.3) is 0 Å². The molecule has 0 heterocycles. The molecule has 0 spiro atoms. The molecule has 0 aromatic carbocycles. The zero-order valence-corrected chi connectivity index (χ0v) is 9.46. The minimum atomic E-state index is -0.750. The summed E-state index contributed by atoms with van der Waals surface area (Å²) in [6.07, 6.45) is 0.0175. The Morgan fingerprint density at radius 3 is 2.14 bits per heavy atom. The van der Waals surface area contributed by atoms with Crippen molar-refractivity contribution in [3.05, 3.63) is 0 Å². The van der Waals surface area contributed by atoms with Crippen molar-refractivity contribution in [2.24, 2.45) is 16.6 Å². The molecule has 0 radical (unpaired) electrons. The Labute approximate surface area is 85.4 Å². The van der Waals surface area contributed by atoms with Gasteiger partial charge in [0.05, 0.1) is 6.61 Å². The van der Waals surface area contributed by atoms with Crippen LogP contribution in [-0.2, 0) is 4.74 Å². The van der Waals surface area contributed by atoms with Gasteiger partial charge >= 0.3 is 6.09 Å². The van der Waals surface area contributed by atoms with E-state index in [-0.39, 0.29) is 24.0 Å². The van der Waals surface area contributed by atoms with Gasteiger partial charge in [0, 0.05) is 6.61 Å². The number of rotatable bonds is 5. The van der Waals surface area contributed by atoms with Crippen molar-refractivity contribution >= 4 is 6.09 Å². The first kappa shape index (κ1) is 13.2. The van der Waals surface area contributed by atoms with Gasteiger partial charge < -0.3 is 15.6 Å². The maximum atomic E-state index is 10.4. The quantitative estimate of drug-likeness (QED) is 0.711. The van der Waals surface area contributed by atoms with Crippen LogP contribution in [0.15, 0.2) is 0 Å². The summed E-state index contributed by atoms with van der Waals surface area (Å²) in [5.74, 6) is 0.